The summed E-state index contributed by atoms with van der Waals surface area (Å²) in [6.07, 6.45) is 4.69. The van der Waals surface area contributed by atoms with Crippen molar-refractivity contribution in [3.63, 3.8) is 0 Å². The van der Waals surface area contributed by atoms with Crippen molar-refractivity contribution < 1.29 is 9.32 Å². The van der Waals surface area contributed by atoms with Crippen molar-refractivity contribution in [1.82, 2.24) is 15.4 Å². The molecule has 1 amide bonds. The first kappa shape index (κ1) is 12.6. The van der Waals surface area contributed by atoms with Gasteiger partial charge in [0.25, 0.3) is 5.91 Å². The van der Waals surface area contributed by atoms with Crippen molar-refractivity contribution in [2.24, 2.45) is 5.73 Å². The molecule has 2 heterocycles. The standard InChI is InChI=1S/C11H12N4O2S2/c1-18-11-14-13-10(19-11)5-3-2-4-6-7(5)8(9(12)16)17-15-6/h5H,2-4H2,1H3,(H2,12,16). The lowest BCUT2D eigenvalue weighted by molar-refractivity contribution is 0.0963. The van der Waals surface area contributed by atoms with Crippen molar-refractivity contribution >= 4 is 29.0 Å². The number of thioether (sulfide) groups is 1. The molecule has 3 rings (SSSR count). The van der Waals surface area contributed by atoms with Crippen LogP contribution in [-0.4, -0.2) is 27.5 Å². The highest BCUT2D eigenvalue weighted by Crippen LogP contribution is 2.40. The third-order valence-electron chi connectivity index (χ3n) is 3.18. The normalized spacial score (nSPS) is 18.3. The molecule has 0 radical (unpaired) electrons. The highest BCUT2D eigenvalue weighted by molar-refractivity contribution is 8.00. The number of fused-ring (bicyclic) bond motifs is 1. The van der Waals surface area contributed by atoms with Crippen LogP contribution in [0.3, 0.4) is 0 Å². The summed E-state index contributed by atoms with van der Waals surface area (Å²) < 4.78 is 6.01. The smallest absolute Gasteiger partial charge is 0.287 e. The van der Waals surface area contributed by atoms with E-state index in [9.17, 15) is 4.79 Å². The van der Waals surface area contributed by atoms with Gasteiger partial charge in [-0.3, -0.25) is 4.79 Å². The van der Waals surface area contributed by atoms with E-state index in [1.807, 2.05) is 6.26 Å². The van der Waals surface area contributed by atoms with Gasteiger partial charge in [0.1, 0.15) is 5.01 Å². The first-order valence-corrected chi connectivity index (χ1v) is 7.90. The Morgan fingerprint density at radius 1 is 1.53 bits per heavy atom. The average molecular weight is 296 g/mol. The van der Waals surface area contributed by atoms with Gasteiger partial charge in [-0.2, -0.15) is 0 Å². The molecule has 0 saturated heterocycles. The second kappa shape index (κ2) is 4.93. The first-order valence-electron chi connectivity index (χ1n) is 5.86. The molecule has 8 heteroatoms. The number of nitrogens with two attached hydrogens (primary N) is 1. The summed E-state index contributed by atoms with van der Waals surface area (Å²) in [4.78, 5) is 11.4. The number of hydrogen-bond donors (Lipinski definition) is 1. The fourth-order valence-electron chi connectivity index (χ4n) is 2.36. The summed E-state index contributed by atoms with van der Waals surface area (Å²) in [5, 5.41) is 13.2. The van der Waals surface area contributed by atoms with Gasteiger partial charge in [0.2, 0.25) is 5.76 Å². The SMILES string of the molecule is CSc1nnc(C2CCCc3noc(C(N)=O)c32)s1. The number of hydrogen-bond acceptors (Lipinski definition) is 7. The van der Waals surface area contributed by atoms with Crippen molar-refractivity contribution in [3.8, 4) is 0 Å². The summed E-state index contributed by atoms with van der Waals surface area (Å²) in [7, 11) is 0. The maximum Gasteiger partial charge on any atom is 0.287 e. The Balaban J connectivity index is 2.06. The van der Waals surface area contributed by atoms with E-state index in [0.717, 1.165) is 39.9 Å². The molecule has 1 unspecified atom stereocenters. The number of primary amides is 1. The van der Waals surface area contributed by atoms with Crippen LogP contribution in [0.4, 0.5) is 0 Å². The van der Waals surface area contributed by atoms with E-state index in [-0.39, 0.29) is 11.7 Å². The van der Waals surface area contributed by atoms with E-state index in [4.69, 9.17) is 10.3 Å². The predicted octanol–water partition coefficient (Wildman–Crippen LogP) is 1.82. The van der Waals surface area contributed by atoms with Crippen molar-refractivity contribution in [3.05, 3.63) is 22.0 Å². The molecule has 1 atom stereocenters. The number of nitrogens with zero attached hydrogens (tertiary/aromatic N) is 3. The molecule has 100 valence electrons. The van der Waals surface area contributed by atoms with Crippen LogP contribution in [0.5, 0.6) is 0 Å². The lowest BCUT2D eigenvalue weighted by atomic mass is 9.85. The first-order chi connectivity index (χ1) is 9.20. The Hall–Kier alpha value is -1.41. The quantitative estimate of drug-likeness (QED) is 0.868. The number of carbonyl (C=O) groups is 1. The number of aromatic nitrogens is 3. The fourth-order valence-corrected chi connectivity index (χ4v) is 3.79. The zero-order chi connectivity index (χ0) is 13.4. The van der Waals surface area contributed by atoms with Crippen LogP contribution in [0.25, 0.3) is 0 Å². The van der Waals surface area contributed by atoms with Gasteiger partial charge < -0.3 is 10.3 Å². The molecule has 2 aromatic heterocycles. The van der Waals surface area contributed by atoms with Crippen molar-refractivity contribution in [2.45, 2.75) is 29.5 Å². The molecule has 6 nitrogen and oxygen atoms in total. The third-order valence-corrected chi connectivity index (χ3v) is 5.19. The van der Waals surface area contributed by atoms with E-state index < -0.39 is 5.91 Å². The second-order valence-electron chi connectivity index (χ2n) is 4.29. The van der Waals surface area contributed by atoms with E-state index in [2.05, 4.69) is 15.4 Å². The van der Waals surface area contributed by atoms with Gasteiger partial charge in [-0.25, -0.2) is 0 Å². The van der Waals surface area contributed by atoms with Crippen LogP contribution in [0.15, 0.2) is 8.86 Å². The molecule has 19 heavy (non-hydrogen) atoms. The largest absolute Gasteiger partial charge is 0.363 e. The predicted molar refractivity (Wildman–Crippen MR) is 71.5 cm³/mol. The second-order valence-corrected chi connectivity index (χ2v) is 6.35. The van der Waals surface area contributed by atoms with Crippen molar-refractivity contribution in [2.75, 3.05) is 6.26 Å². The summed E-state index contributed by atoms with van der Waals surface area (Å²) in [6, 6.07) is 0. The molecule has 0 spiro atoms. The summed E-state index contributed by atoms with van der Waals surface area (Å²) in [5.74, 6) is -0.383. The number of amides is 1. The van der Waals surface area contributed by atoms with E-state index in [1.165, 1.54) is 0 Å². The molecule has 2 N–H and O–H groups in total. The number of aryl methyl sites for hydroxylation is 1. The Bertz CT molecular complexity index is 622. The molecule has 0 saturated carbocycles. The minimum atomic E-state index is -0.574. The Morgan fingerprint density at radius 2 is 2.37 bits per heavy atom. The average Bonchev–Trinajstić information content (AvgIpc) is 3.04. The van der Waals surface area contributed by atoms with Crippen LogP contribution in [0.1, 0.15) is 45.6 Å². The monoisotopic (exact) mass is 296 g/mol. The minimum Gasteiger partial charge on any atom is -0.363 e. The molecule has 1 aliphatic carbocycles. The van der Waals surface area contributed by atoms with Crippen LogP contribution in [-0.2, 0) is 6.42 Å². The lowest BCUT2D eigenvalue weighted by Crippen LogP contribution is -2.17. The molecule has 0 bridgehead atoms. The summed E-state index contributed by atoms with van der Waals surface area (Å²) in [5.41, 5.74) is 6.98. The maximum atomic E-state index is 11.4. The molecule has 1 aliphatic rings. The van der Waals surface area contributed by atoms with Crippen LogP contribution in [0, 0.1) is 0 Å². The van der Waals surface area contributed by atoms with Crippen molar-refractivity contribution in [1.29, 1.82) is 0 Å². The molecular formula is C11H12N4O2S2. The maximum absolute atomic E-state index is 11.4. The Morgan fingerprint density at radius 3 is 3.05 bits per heavy atom. The highest BCUT2D eigenvalue weighted by Gasteiger charge is 2.33. The molecule has 2 aromatic rings. The third kappa shape index (κ3) is 2.14. The van der Waals surface area contributed by atoms with Gasteiger partial charge in [-0.05, 0) is 25.5 Å². The lowest BCUT2D eigenvalue weighted by Gasteiger charge is -2.18. The van der Waals surface area contributed by atoms with Gasteiger partial charge in [-0.15, -0.1) is 10.2 Å². The number of carbonyl (C=O) groups excluding carboxylic acids is 1. The Kier molecular flexibility index (Phi) is 3.28. The zero-order valence-corrected chi connectivity index (χ0v) is 11.9. The van der Waals surface area contributed by atoms with Gasteiger partial charge in [0.15, 0.2) is 4.34 Å². The topological polar surface area (TPSA) is 94.9 Å². The van der Waals surface area contributed by atoms with Crippen LogP contribution < -0.4 is 5.73 Å². The van der Waals surface area contributed by atoms with Crippen LogP contribution >= 0.6 is 23.1 Å². The minimum absolute atomic E-state index is 0.0240. The molecule has 0 aliphatic heterocycles. The van der Waals surface area contributed by atoms with Gasteiger partial charge in [0.05, 0.1) is 5.69 Å². The van der Waals surface area contributed by atoms with E-state index >= 15 is 0 Å². The van der Waals surface area contributed by atoms with Gasteiger partial charge in [-0.1, -0.05) is 28.3 Å². The molecular weight excluding hydrogens is 284 g/mol. The Labute approximate surface area is 117 Å². The van der Waals surface area contributed by atoms with Crippen LogP contribution in [0.2, 0.25) is 0 Å². The fraction of sp³-hybridized carbons (Fsp3) is 0.455. The van der Waals surface area contributed by atoms with Gasteiger partial charge >= 0.3 is 0 Å². The van der Waals surface area contributed by atoms with Gasteiger partial charge in [0, 0.05) is 11.5 Å². The zero-order valence-electron chi connectivity index (χ0n) is 10.3. The molecule has 0 fully saturated rings. The number of rotatable bonds is 3. The van der Waals surface area contributed by atoms with E-state index in [0.29, 0.717) is 0 Å². The summed E-state index contributed by atoms with van der Waals surface area (Å²) in [6.45, 7) is 0. The highest BCUT2D eigenvalue weighted by atomic mass is 32.2. The molecule has 0 aromatic carbocycles. The van der Waals surface area contributed by atoms with E-state index in [1.54, 1.807) is 23.1 Å². The summed E-state index contributed by atoms with van der Waals surface area (Å²) >= 11 is 3.11.